The van der Waals surface area contributed by atoms with Crippen molar-refractivity contribution in [1.29, 1.82) is 0 Å². The van der Waals surface area contributed by atoms with Crippen LogP contribution in [0.15, 0.2) is 30.3 Å². The van der Waals surface area contributed by atoms with Crippen LogP contribution in [0.5, 0.6) is 0 Å². The standard InChI is InChI=1S/C17H23N5/c1-11(2)14-9-16(22(4)20-14)12(10-18)17-19-13-7-5-6-8-15(13)21(17)3/h5-9,11-12H,10,18H2,1-4H3. The molecule has 116 valence electrons. The third-order valence-electron chi connectivity index (χ3n) is 4.25. The van der Waals surface area contributed by atoms with Crippen LogP contribution in [0.2, 0.25) is 0 Å². The van der Waals surface area contributed by atoms with E-state index in [4.69, 9.17) is 10.7 Å². The van der Waals surface area contributed by atoms with E-state index in [-0.39, 0.29) is 5.92 Å². The number of para-hydroxylation sites is 2. The molecule has 2 aromatic heterocycles. The number of nitrogens with two attached hydrogens (primary N) is 1. The second kappa shape index (κ2) is 5.57. The summed E-state index contributed by atoms with van der Waals surface area (Å²) in [6.45, 7) is 4.81. The van der Waals surface area contributed by atoms with Crippen LogP contribution in [-0.2, 0) is 14.1 Å². The second-order valence-electron chi connectivity index (χ2n) is 6.08. The molecule has 0 amide bonds. The van der Waals surface area contributed by atoms with Gasteiger partial charge in [0.1, 0.15) is 5.82 Å². The van der Waals surface area contributed by atoms with Gasteiger partial charge < -0.3 is 10.3 Å². The van der Waals surface area contributed by atoms with Crippen LogP contribution >= 0.6 is 0 Å². The number of benzene rings is 1. The van der Waals surface area contributed by atoms with Gasteiger partial charge in [-0.2, -0.15) is 5.10 Å². The van der Waals surface area contributed by atoms with E-state index < -0.39 is 0 Å². The number of fused-ring (bicyclic) bond motifs is 1. The molecule has 5 nitrogen and oxygen atoms in total. The Morgan fingerprint density at radius 3 is 2.50 bits per heavy atom. The molecule has 5 heteroatoms. The fourth-order valence-electron chi connectivity index (χ4n) is 2.95. The monoisotopic (exact) mass is 297 g/mol. The van der Waals surface area contributed by atoms with E-state index in [9.17, 15) is 0 Å². The highest BCUT2D eigenvalue weighted by Crippen LogP contribution is 2.27. The lowest BCUT2D eigenvalue weighted by molar-refractivity contribution is 0.619. The molecule has 0 radical (unpaired) electrons. The van der Waals surface area contributed by atoms with Crippen LogP contribution in [0, 0.1) is 0 Å². The Labute approximate surface area is 130 Å². The van der Waals surface area contributed by atoms with Crippen LogP contribution in [0.1, 0.15) is 42.9 Å². The zero-order chi connectivity index (χ0) is 15.9. The molecule has 3 rings (SSSR count). The maximum atomic E-state index is 6.09. The number of nitrogens with zero attached hydrogens (tertiary/aromatic N) is 4. The van der Waals surface area contributed by atoms with Gasteiger partial charge in [-0.05, 0) is 24.1 Å². The predicted octanol–water partition coefficient (Wildman–Crippen LogP) is 2.52. The van der Waals surface area contributed by atoms with Crippen LogP contribution < -0.4 is 5.73 Å². The Bertz CT molecular complexity index is 797. The average molecular weight is 297 g/mol. The maximum Gasteiger partial charge on any atom is 0.120 e. The molecule has 1 unspecified atom stereocenters. The highest BCUT2D eigenvalue weighted by molar-refractivity contribution is 5.76. The first-order valence-electron chi connectivity index (χ1n) is 7.68. The predicted molar refractivity (Wildman–Crippen MR) is 88.9 cm³/mol. The maximum absolute atomic E-state index is 6.09. The number of hydrogen-bond donors (Lipinski definition) is 1. The van der Waals surface area contributed by atoms with Crippen molar-refractivity contribution in [3.05, 3.63) is 47.5 Å². The molecule has 1 atom stereocenters. The van der Waals surface area contributed by atoms with Crippen molar-refractivity contribution in [2.75, 3.05) is 6.54 Å². The average Bonchev–Trinajstić information content (AvgIpc) is 3.03. The Kier molecular flexibility index (Phi) is 3.74. The SMILES string of the molecule is CC(C)c1cc(C(CN)c2nc3ccccc3n2C)n(C)n1. The van der Waals surface area contributed by atoms with E-state index in [0.29, 0.717) is 12.5 Å². The summed E-state index contributed by atoms with van der Waals surface area (Å²) in [5, 5.41) is 4.61. The van der Waals surface area contributed by atoms with Crippen molar-refractivity contribution in [1.82, 2.24) is 19.3 Å². The zero-order valence-electron chi connectivity index (χ0n) is 13.6. The summed E-state index contributed by atoms with van der Waals surface area (Å²) in [4.78, 5) is 4.80. The Morgan fingerprint density at radius 2 is 1.91 bits per heavy atom. The minimum absolute atomic E-state index is 0.0439. The fraction of sp³-hybridized carbons (Fsp3) is 0.412. The number of hydrogen-bond acceptors (Lipinski definition) is 3. The zero-order valence-corrected chi connectivity index (χ0v) is 13.6. The highest BCUT2D eigenvalue weighted by Gasteiger charge is 2.23. The molecule has 0 bridgehead atoms. The summed E-state index contributed by atoms with van der Waals surface area (Å²) in [7, 11) is 4.03. The van der Waals surface area contributed by atoms with Crippen molar-refractivity contribution in [3.8, 4) is 0 Å². The normalized spacial score (nSPS) is 13.2. The highest BCUT2D eigenvalue weighted by atomic mass is 15.3. The molecule has 22 heavy (non-hydrogen) atoms. The number of imidazole rings is 1. The molecule has 0 saturated carbocycles. The van der Waals surface area contributed by atoms with Crippen molar-refractivity contribution < 1.29 is 0 Å². The van der Waals surface area contributed by atoms with E-state index in [2.05, 4.69) is 35.6 Å². The first kappa shape index (κ1) is 14.8. The molecular weight excluding hydrogens is 274 g/mol. The summed E-state index contributed by atoms with van der Waals surface area (Å²) in [6, 6.07) is 10.3. The Hall–Kier alpha value is -2.14. The molecule has 0 aliphatic heterocycles. The third-order valence-corrected chi connectivity index (χ3v) is 4.25. The van der Waals surface area contributed by atoms with E-state index in [0.717, 1.165) is 28.2 Å². The smallest absolute Gasteiger partial charge is 0.120 e. The van der Waals surface area contributed by atoms with E-state index in [1.54, 1.807) is 0 Å². The molecular formula is C17H23N5. The van der Waals surface area contributed by atoms with Crippen LogP contribution in [-0.4, -0.2) is 25.9 Å². The molecule has 0 spiro atoms. The molecule has 0 fully saturated rings. The summed E-state index contributed by atoms with van der Waals surface area (Å²) in [5.41, 5.74) is 10.4. The van der Waals surface area contributed by atoms with Gasteiger partial charge in [-0.15, -0.1) is 0 Å². The molecule has 3 aromatic rings. The van der Waals surface area contributed by atoms with Crippen LogP contribution in [0.25, 0.3) is 11.0 Å². The molecule has 0 aliphatic rings. The van der Waals surface area contributed by atoms with E-state index in [1.807, 2.05) is 37.0 Å². The Morgan fingerprint density at radius 1 is 1.18 bits per heavy atom. The minimum Gasteiger partial charge on any atom is -0.331 e. The first-order valence-corrected chi connectivity index (χ1v) is 7.68. The molecule has 1 aromatic carbocycles. The van der Waals surface area contributed by atoms with Crippen molar-refractivity contribution in [2.24, 2.45) is 19.8 Å². The van der Waals surface area contributed by atoms with Crippen molar-refractivity contribution >= 4 is 11.0 Å². The molecule has 2 N–H and O–H groups in total. The molecule has 0 aliphatic carbocycles. The van der Waals surface area contributed by atoms with Gasteiger partial charge in [0.05, 0.1) is 28.3 Å². The lowest BCUT2D eigenvalue weighted by atomic mass is 10.0. The Balaban J connectivity index is 2.12. The summed E-state index contributed by atoms with van der Waals surface area (Å²) < 4.78 is 4.07. The number of aryl methyl sites for hydroxylation is 2. The van der Waals surface area contributed by atoms with E-state index in [1.165, 1.54) is 0 Å². The van der Waals surface area contributed by atoms with Gasteiger partial charge in [-0.1, -0.05) is 26.0 Å². The van der Waals surface area contributed by atoms with Gasteiger partial charge in [-0.3, -0.25) is 4.68 Å². The fourth-order valence-corrected chi connectivity index (χ4v) is 2.95. The van der Waals surface area contributed by atoms with Crippen LogP contribution in [0.4, 0.5) is 0 Å². The molecule has 0 saturated heterocycles. The number of rotatable bonds is 4. The first-order chi connectivity index (χ1) is 10.5. The quantitative estimate of drug-likeness (QED) is 0.805. The topological polar surface area (TPSA) is 61.7 Å². The number of aromatic nitrogens is 4. The summed E-state index contributed by atoms with van der Waals surface area (Å²) >= 11 is 0. The van der Waals surface area contributed by atoms with E-state index >= 15 is 0 Å². The summed E-state index contributed by atoms with van der Waals surface area (Å²) in [6.07, 6.45) is 0. The lowest BCUT2D eigenvalue weighted by Gasteiger charge is -2.15. The lowest BCUT2D eigenvalue weighted by Crippen LogP contribution is -2.20. The van der Waals surface area contributed by atoms with Crippen molar-refractivity contribution in [3.63, 3.8) is 0 Å². The second-order valence-corrected chi connectivity index (χ2v) is 6.08. The van der Waals surface area contributed by atoms with Crippen molar-refractivity contribution in [2.45, 2.75) is 25.7 Å². The molecule has 2 heterocycles. The van der Waals surface area contributed by atoms with Gasteiger partial charge in [0.2, 0.25) is 0 Å². The van der Waals surface area contributed by atoms with Gasteiger partial charge >= 0.3 is 0 Å². The third kappa shape index (κ3) is 2.31. The van der Waals surface area contributed by atoms with Gasteiger partial charge in [0.15, 0.2) is 0 Å². The minimum atomic E-state index is 0.0439. The van der Waals surface area contributed by atoms with Gasteiger partial charge in [-0.25, -0.2) is 4.98 Å². The summed E-state index contributed by atoms with van der Waals surface area (Å²) in [5.74, 6) is 1.43. The van der Waals surface area contributed by atoms with Gasteiger partial charge in [0.25, 0.3) is 0 Å². The van der Waals surface area contributed by atoms with Gasteiger partial charge in [0, 0.05) is 20.6 Å². The largest absolute Gasteiger partial charge is 0.331 e. The van der Waals surface area contributed by atoms with Crippen LogP contribution in [0.3, 0.4) is 0 Å².